The molecule has 0 aliphatic rings. The van der Waals surface area contributed by atoms with Crippen molar-refractivity contribution in [2.24, 2.45) is 0 Å². The summed E-state index contributed by atoms with van der Waals surface area (Å²) in [4.78, 5) is 13.4. The molecule has 72 valence electrons. The van der Waals surface area contributed by atoms with Gasteiger partial charge >= 0.3 is 0 Å². The zero-order valence-electron chi connectivity index (χ0n) is 7.64. The highest BCUT2D eigenvalue weighted by atomic mass is 32.1. The topological polar surface area (TPSA) is 58.9 Å². The number of aryl methyl sites for hydroxylation is 1. The molecule has 0 saturated heterocycles. The van der Waals surface area contributed by atoms with Gasteiger partial charge in [-0.05, 0) is 13.0 Å². The summed E-state index contributed by atoms with van der Waals surface area (Å²) >= 11 is 1.49. The third-order valence-corrected chi connectivity index (χ3v) is 2.49. The predicted molar refractivity (Wildman–Crippen MR) is 53.8 cm³/mol. The van der Waals surface area contributed by atoms with Gasteiger partial charge in [0.15, 0.2) is 5.82 Å². The van der Waals surface area contributed by atoms with Gasteiger partial charge in [0.25, 0.3) is 0 Å². The maximum Gasteiger partial charge on any atom is 0.171 e. The zero-order chi connectivity index (χ0) is 9.97. The van der Waals surface area contributed by atoms with Crippen LogP contribution in [-0.4, -0.2) is 20.1 Å². The van der Waals surface area contributed by atoms with Crippen molar-refractivity contribution in [3.05, 3.63) is 29.2 Å². The molecular formula is C9H9N3OS. The molecule has 0 radical (unpaired) electrons. The average molecular weight is 207 g/mol. The minimum Gasteiger partial charge on any atom is -0.390 e. The maximum absolute atomic E-state index is 8.98. The Morgan fingerprint density at radius 2 is 2.29 bits per heavy atom. The molecule has 2 heterocycles. The second-order valence-corrected chi connectivity index (χ2v) is 3.73. The fraction of sp³-hybridized carbons (Fsp3) is 0.222. The minimum atomic E-state index is -0.0604. The van der Waals surface area contributed by atoms with Gasteiger partial charge in [-0.1, -0.05) is 0 Å². The summed E-state index contributed by atoms with van der Waals surface area (Å²) in [6, 6.07) is 1.77. The fourth-order valence-electron chi connectivity index (χ4n) is 1.15. The molecule has 4 nitrogen and oxygen atoms in total. The Kier molecular flexibility index (Phi) is 2.51. The van der Waals surface area contributed by atoms with E-state index in [9.17, 15) is 0 Å². The molecular weight excluding hydrogens is 198 g/mol. The Bertz CT molecular complexity index is 428. The molecule has 0 amide bonds. The van der Waals surface area contributed by atoms with Crippen LogP contribution < -0.4 is 0 Å². The molecule has 0 aromatic carbocycles. The average Bonchev–Trinajstić information content (AvgIpc) is 2.69. The fourth-order valence-corrected chi connectivity index (χ4v) is 1.70. The highest BCUT2D eigenvalue weighted by molar-refractivity contribution is 7.13. The zero-order valence-corrected chi connectivity index (χ0v) is 8.45. The van der Waals surface area contributed by atoms with Crippen LogP contribution in [0.4, 0.5) is 0 Å². The largest absolute Gasteiger partial charge is 0.390 e. The molecule has 5 heteroatoms. The number of hydrogen-bond acceptors (Lipinski definition) is 5. The lowest BCUT2D eigenvalue weighted by molar-refractivity contribution is 0.276. The van der Waals surface area contributed by atoms with Gasteiger partial charge in [0.05, 0.1) is 22.7 Å². The maximum atomic E-state index is 8.98. The van der Waals surface area contributed by atoms with Gasteiger partial charge in [0.1, 0.15) is 0 Å². The first-order valence-corrected chi connectivity index (χ1v) is 5.02. The third kappa shape index (κ3) is 1.78. The van der Waals surface area contributed by atoms with Gasteiger partial charge in [-0.25, -0.2) is 9.97 Å². The lowest BCUT2D eigenvalue weighted by Crippen LogP contribution is -1.96. The normalized spacial score (nSPS) is 10.4. The van der Waals surface area contributed by atoms with Crippen LogP contribution in [0.5, 0.6) is 0 Å². The lowest BCUT2D eigenvalue weighted by atomic mass is 10.3. The summed E-state index contributed by atoms with van der Waals surface area (Å²) in [7, 11) is 0. The first-order valence-electron chi connectivity index (χ1n) is 4.14. The Labute approximate surface area is 85.3 Å². The van der Waals surface area contributed by atoms with Crippen LogP contribution in [0, 0.1) is 6.92 Å². The van der Waals surface area contributed by atoms with E-state index in [1.54, 1.807) is 17.8 Å². The first-order chi connectivity index (χ1) is 6.79. The van der Waals surface area contributed by atoms with Crippen molar-refractivity contribution in [2.45, 2.75) is 13.5 Å². The molecule has 2 rings (SSSR count). The molecule has 2 aromatic rings. The summed E-state index contributed by atoms with van der Waals surface area (Å²) in [5, 5.41) is 8.98. The summed E-state index contributed by atoms with van der Waals surface area (Å²) in [6.45, 7) is 1.82. The van der Waals surface area contributed by atoms with Crippen LogP contribution in [0.1, 0.15) is 11.4 Å². The number of hydrogen-bond donors (Lipinski definition) is 1. The lowest BCUT2D eigenvalue weighted by Gasteiger charge is -2.00. The number of thiazole rings is 1. The van der Waals surface area contributed by atoms with Gasteiger partial charge < -0.3 is 5.11 Å². The molecule has 0 saturated carbocycles. The van der Waals surface area contributed by atoms with Crippen LogP contribution in [0.15, 0.2) is 17.8 Å². The van der Waals surface area contributed by atoms with Crippen molar-refractivity contribution in [3.63, 3.8) is 0 Å². The van der Waals surface area contributed by atoms with Gasteiger partial charge in [0.2, 0.25) is 0 Å². The van der Waals surface area contributed by atoms with E-state index in [4.69, 9.17) is 5.11 Å². The van der Waals surface area contributed by atoms with Gasteiger partial charge in [0, 0.05) is 11.9 Å². The predicted octanol–water partition coefficient (Wildman–Crippen LogP) is 1.40. The van der Waals surface area contributed by atoms with E-state index in [2.05, 4.69) is 15.0 Å². The molecule has 0 aliphatic carbocycles. The van der Waals surface area contributed by atoms with Crippen LogP contribution in [-0.2, 0) is 6.61 Å². The van der Waals surface area contributed by atoms with Crippen LogP contribution >= 0.6 is 11.3 Å². The van der Waals surface area contributed by atoms with E-state index < -0.39 is 0 Å². The summed E-state index contributed by atoms with van der Waals surface area (Å²) in [5.41, 5.74) is 3.23. The standard InChI is InChI=1S/C9H9N3OS/c1-6-2-7(4-13)12-9(11-6)8-3-10-5-14-8/h2-3,5,13H,4H2,1H3. The van der Waals surface area contributed by atoms with E-state index in [-0.39, 0.29) is 6.61 Å². The highest BCUT2D eigenvalue weighted by Gasteiger charge is 2.05. The quantitative estimate of drug-likeness (QED) is 0.808. The van der Waals surface area contributed by atoms with Gasteiger partial charge in [-0.15, -0.1) is 11.3 Å². The Morgan fingerprint density at radius 1 is 1.43 bits per heavy atom. The number of nitrogens with zero attached hydrogens (tertiary/aromatic N) is 3. The van der Waals surface area contributed by atoms with Crippen molar-refractivity contribution in [3.8, 4) is 10.7 Å². The second-order valence-electron chi connectivity index (χ2n) is 2.85. The van der Waals surface area contributed by atoms with Gasteiger partial charge in [-0.3, -0.25) is 4.98 Å². The van der Waals surface area contributed by atoms with Crippen molar-refractivity contribution >= 4 is 11.3 Å². The molecule has 0 aliphatic heterocycles. The number of aliphatic hydroxyl groups is 1. The van der Waals surface area contributed by atoms with E-state index in [0.29, 0.717) is 11.5 Å². The molecule has 2 aromatic heterocycles. The Morgan fingerprint density at radius 3 is 2.93 bits per heavy atom. The summed E-state index contributed by atoms with van der Waals surface area (Å²) in [6.07, 6.45) is 1.72. The Balaban J connectivity index is 2.48. The molecule has 14 heavy (non-hydrogen) atoms. The number of aliphatic hydroxyl groups excluding tert-OH is 1. The van der Waals surface area contributed by atoms with Crippen molar-refractivity contribution in [1.29, 1.82) is 0 Å². The summed E-state index contributed by atoms with van der Waals surface area (Å²) in [5.74, 6) is 0.636. The van der Waals surface area contributed by atoms with Crippen molar-refractivity contribution < 1.29 is 5.11 Å². The van der Waals surface area contributed by atoms with E-state index in [0.717, 1.165) is 10.6 Å². The van der Waals surface area contributed by atoms with E-state index in [1.165, 1.54) is 11.3 Å². The monoisotopic (exact) mass is 207 g/mol. The molecule has 0 atom stereocenters. The first kappa shape index (κ1) is 9.23. The Hall–Kier alpha value is -1.33. The molecule has 0 bridgehead atoms. The van der Waals surface area contributed by atoms with Gasteiger partial charge in [-0.2, -0.15) is 0 Å². The molecule has 1 N–H and O–H groups in total. The van der Waals surface area contributed by atoms with Crippen LogP contribution in [0.3, 0.4) is 0 Å². The van der Waals surface area contributed by atoms with Crippen molar-refractivity contribution in [1.82, 2.24) is 15.0 Å². The molecule has 0 fully saturated rings. The second kappa shape index (κ2) is 3.81. The number of aromatic nitrogens is 3. The SMILES string of the molecule is Cc1cc(CO)nc(-c2cncs2)n1. The van der Waals surface area contributed by atoms with E-state index in [1.807, 2.05) is 6.92 Å². The van der Waals surface area contributed by atoms with Crippen LogP contribution in [0.2, 0.25) is 0 Å². The van der Waals surface area contributed by atoms with Crippen molar-refractivity contribution in [2.75, 3.05) is 0 Å². The molecule has 0 unspecified atom stereocenters. The molecule has 0 spiro atoms. The smallest absolute Gasteiger partial charge is 0.171 e. The number of rotatable bonds is 2. The minimum absolute atomic E-state index is 0.0604. The third-order valence-electron chi connectivity index (χ3n) is 1.72. The van der Waals surface area contributed by atoms with E-state index >= 15 is 0 Å². The highest BCUT2D eigenvalue weighted by Crippen LogP contribution is 2.19. The van der Waals surface area contributed by atoms with Crippen LogP contribution in [0.25, 0.3) is 10.7 Å². The summed E-state index contributed by atoms with van der Waals surface area (Å²) < 4.78 is 0.